The Labute approximate surface area is 143 Å². The number of carbonyl (C=O) groups is 2. The number of hydrogen-bond donors (Lipinski definition) is 1. The first kappa shape index (κ1) is 17.7. The molecule has 0 bridgehead atoms. The molecule has 0 spiro atoms. The number of esters is 1. The number of ether oxygens (including phenoxy) is 2. The smallest absolute Gasteiger partial charge is 0.338 e. The summed E-state index contributed by atoms with van der Waals surface area (Å²) in [6.45, 7) is 1.69. The van der Waals surface area contributed by atoms with E-state index in [0.29, 0.717) is 11.3 Å². The lowest BCUT2D eigenvalue weighted by molar-refractivity contribution is -0.118. The first-order chi connectivity index (χ1) is 11.5. The van der Waals surface area contributed by atoms with Gasteiger partial charge in [-0.25, -0.2) is 9.18 Å². The highest BCUT2D eigenvalue weighted by Gasteiger charge is 2.10. The van der Waals surface area contributed by atoms with Crippen molar-refractivity contribution in [3.63, 3.8) is 0 Å². The second kappa shape index (κ2) is 8.31. The van der Waals surface area contributed by atoms with Gasteiger partial charge in [0.2, 0.25) is 0 Å². The van der Waals surface area contributed by atoms with Crippen LogP contribution in [-0.4, -0.2) is 25.1 Å². The monoisotopic (exact) mass is 351 g/mol. The molecule has 0 radical (unpaired) electrons. The number of carbonyl (C=O) groups excluding carboxylic acids is 2. The third-order valence-corrected chi connectivity index (χ3v) is 3.23. The number of amides is 1. The molecule has 2 aromatic rings. The van der Waals surface area contributed by atoms with E-state index >= 15 is 0 Å². The lowest BCUT2D eigenvalue weighted by Gasteiger charge is -2.09. The minimum Gasteiger partial charge on any atom is -0.484 e. The van der Waals surface area contributed by atoms with Crippen molar-refractivity contribution in [3.8, 4) is 5.75 Å². The zero-order valence-electron chi connectivity index (χ0n) is 12.8. The van der Waals surface area contributed by atoms with Gasteiger partial charge in [0.1, 0.15) is 11.6 Å². The van der Waals surface area contributed by atoms with Crippen LogP contribution in [0.15, 0.2) is 42.5 Å². The highest BCUT2D eigenvalue weighted by molar-refractivity contribution is 6.33. The third kappa shape index (κ3) is 4.96. The van der Waals surface area contributed by atoms with E-state index in [4.69, 9.17) is 21.1 Å². The Kier molecular flexibility index (Phi) is 6.14. The van der Waals surface area contributed by atoms with Crippen LogP contribution in [0.3, 0.4) is 0 Å². The van der Waals surface area contributed by atoms with Crippen molar-refractivity contribution in [2.24, 2.45) is 0 Å². The van der Waals surface area contributed by atoms with E-state index < -0.39 is 17.7 Å². The van der Waals surface area contributed by atoms with E-state index in [1.807, 2.05) is 0 Å². The minimum atomic E-state index is -0.495. The highest BCUT2D eigenvalue weighted by atomic mass is 35.5. The molecule has 5 nitrogen and oxygen atoms in total. The molecule has 0 unspecified atom stereocenters. The molecule has 0 atom stereocenters. The van der Waals surface area contributed by atoms with Gasteiger partial charge in [-0.2, -0.15) is 0 Å². The Morgan fingerprint density at radius 3 is 2.71 bits per heavy atom. The van der Waals surface area contributed by atoms with Gasteiger partial charge in [-0.15, -0.1) is 0 Å². The van der Waals surface area contributed by atoms with Crippen molar-refractivity contribution in [1.29, 1.82) is 0 Å². The van der Waals surface area contributed by atoms with E-state index in [9.17, 15) is 14.0 Å². The maximum absolute atomic E-state index is 13.0. The summed E-state index contributed by atoms with van der Waals surface area (Å²) in [6, 6.07) is 9.94. The number of nitrogens with one attached hydrogen (secondary N) is 1. The molecule has 0 aromatic heterocycles. The molecule has 7 heteroatoms. The minimum absolute atomic E-state index is 0.0904. The van der Waals surface area contributed by atoms with Gasteiger partial charge in [-0.05, 0) is 43.3 Å². The molecule has 0 heterocycles. The molecule has 0 saturated carbocycles. The molecular weight excluding hydrogens is 337 g/mol. The molecule has 2 aromatic carbocycles. The van der Waals surface area contributed by atoms with Crippen LogP contribution in [0.25, 0.3) is 0 Å². The maximum Gasteiger partial charge on any atom is 0.338 e. The van der Waals surface area contributed by atoms with Crippen LogP contribution in [0, 0.1) is 5.82 Å². The summed E-state index contributed by atoms with van der Waals surface area (Å²) in [5, 5.41) is 2.60. The van der Waals surface area contributed by atoms with Crippen molar-refractivity contribution in [2.45, 2.75) is 6.92 Å². The zero-order chi connectivity index (χ0) is 17.5. The van der Waals surface area contributed by atoms with Crippen molar-refractivity contribution >= 4 is 29.2 Å². The highest BCUT2D eigenvalue weighted by Crippen LogP contribution is 2.22. The summed E-state index contributed by atoms with van der Waals surface area (Å²) in [6.07, 6.45) is 0. The Morgan fingerprint density at radius 1 is 1.21 bits per heavy atom. The molecule has 0 aliphatic rings. The summed E-state index contributed by atoms with van der Waals surface area (Å²) in [4.78, 5) is 23.5. The zero-order valence-corrected chi connectivity index (χ0v) is 13.6. The van der Waals surface area contributed by atoms with E-state index in [1.165, 1.54) is 18.2 Å². The first-order valence-corrected chi connectivity index (χ1v) is 7.52. The van der Waals surface area contributed by atoms with Crippen LogP contribution in [0.5, 0.6) is 5.75 Å². The second-order valence-electron chi connectivity index (χ2n) is 4.71. The summed E-state index contributed by atoms with van der Waals surface area (Å²) >= 11 is 5.83. The molecular formula is C17H15ClFNO4. The Balaban J connectivity index is 1.94. The fourth-order valence-electron chi connectivity index (χ4n) is 1.85. The number of anilines is 1. The molecule has 0 aliphatic heterocycles. The number of hydrogen-bond acceptors (Lipinski definition) is 4. The molecule has 126 valence electrons. The van der Waals surface area contributed by atoms with Gasteiger partial charge < -0.3 is 14.8 Å². The van der Waals surface area contributed by atoms with Crippen LogP contribution in [0.1, 0.15) is 17.3 Å². The van der Waals surface area contributed by atoms with Crippen molar-refractivity contribution in [1.82, 2.24) is 0 Å². The standard InChI is InChI=1S/C17H15ClFNO4/c1-2-23-17(22)11-4-3-5-13(8-11)24-10-16(21)20-15-7-6-12(19)9-14(15)18/h3-9H,2,10H2,1H3,(H,20,21). The molecule has 0 saturated heterocycles. The molecule has 2 rings (SSSR count). The van der Waals surface area contributed by atoms with E-state index in [0.717, 1.165) is 6.07 Å². The van der Waals surface area contributed by atoms with Gasteiger partial charge in [0.25, 0.3) is 5.91 Å². The maximum atomic E-state index is 13.0. The predicted octanol–water partition coefficient (Wildman–Crippen LogP) is 3.67. The molecule has 0 fully saturated rings. The topological polar surface area (TPSA) is 64.6 Å². The fourth-order valence-corrected chi connectivity index (χ4v) is 2.07. The van der Waals surface area contributed by atoms with Gasteiger partial charge in [-0.3, -0.25) is 4.79 Å². The number of rotatable bonds is 6. The fraction of sp³-hybridized carbons (Fsp3) is 0.176. The van der Waals surface area contributed by atoms with E-state index in [2.05, 4.69) is 5.32 Å². The Bertz CT molecular complexity index is 751. The van der Waals surface area contributed by atoms with Crippen LogP contribution >= 0.6 is 11.6 Å². The third-order valence-electron chi connectivity index (χ3n) is 2.92. The Morgan fingerprint density at radius 2 is 2.00 bits per heavy atom. The molecule has 0 aliphatic carbocycles. The quantitative estimate of drug-likeness (QED) is 0.806. The second-order valence-corrected chi connectivity index (χ2v) is 5.12. The SMILES string of the molecule is CCOC(=O)c1cccc(OCC(=O)Nc2ccc(F)cc2Cl)c1. The normalized spacial score (nSPS) is 10.1. The van der Waals surface area contributed by atoms with Crippen molar-refractivity contribution in [2.75, 3.05) is 18.5 Å². The molecule has 24 heavy (non-hydrogen) atoms. The summed E-state index contributed by atoms with van der Waals surface area (Å²) in [7, 11) is 0. The average molecular weight is 352 g/mol. The lowest BCUT2D eigenvalue weighted by atomic mass is 10.2. The van der Waals surface area contributed by atoms with Crippen LogP contribution in [0.4, 0.5) is 10.1 Å². The van der Waals surface area contributed by atoms with Gasteiger partial charge in [0.05, 0.1) is 22.9 Å². The van der Waals surface area contributed by atoms with Gasteiger partial charge in [-0.1, -0.05) is 17.7 Å². The van der Waals surface area contributed by atoms with E-state index in [-0.39, 0.29) is 23.9 Å². The van der Waals surface area contributed by atoms with Gasteiger partial charge >= 0.3 is 5.97 Å². The number of halogens is 2. The van der Waals surface area contributed by atoms with Crippen molar-refractivity contribution < 1.29 is 23.5 Å². The molecule has 1 N–H and O–H groups in total. The number of benzene rings is 2. The largest absolute Gasteiger partial charge is 0.484 e. The van der Waals surface area contributed by atoms with Crippen LogP contribution < -0.4 is 10.1 Å². The summed E-state index contributed by atoms with van der Waals surface area (Å²) in [5.74, 6) is -1.08. The van der Waals surface area contributed by atoms with Crippen molar-refractivity contribution in [3.05, 3.63) is 58.9 Å². The van der Waals surface area contributed by atoms with Gasteiger partial charge in [0, 0.05) is 0 Å². The Hall–Kier alpha value is -2.60. The average Bonchev–Trinajstić information content (AvgIpc) is 2.56. The first-order valence-electron chi connectivity index (χ1n) is 7.14. The van der Waals surface area contributed by atoms with E-state index in [1.54, 1.807) is 25.1 Å². The summed E-state index contributed by atoms with van der Waals surface area (Å²) in [5.41, 5.74) is 0.614. The summed E-state index contributed by atoms with van der Waals surface area (Å²) < 4.78 is 23.2. The van der Waals surface area contributed by atoms with Gasteiger partial charge in [0.15, 0.2) is 6.61 Å². The van der Waals surface area contributed by atoms with Crippen LogP contribution in [0.2, 0.25) is 5.02 Å². The van der Waals surface area contributed by atoms with Crippen LogP contribution in [-0.2, 0) is 9.53 Å². The predicted molar refractivity (Wildman–Crippen MR) is 87.9 cm³/mol. The molecule has 1 amide bonds. The lowest BCUT2D eigenvalue weighted by Crippen LogP contribution is -2.20.